The van der Waals surface area contributed by atoms with E-state index in [2.05, 4.69) is 6.92 Å². The number of thioether (sulfide) groups is 2. The molecule has 0 aliphatic carbocycles. The molecule has 0 amide bonds. The topological polar surface area (TPSA) is 26.0 Å². The van der Waals surface area contributed by atoms with Gasteiger partial charge in [-0.1, -0.05) is 18.5 Å². The van der Waals surface area contributed by atoms with Crippen molar-refractivity contribution < 1.29 is 4.39 Å². The van der Waals surface area contributed by atoms with Gasteiger partial charge in [0.15, 0.2) is 0 Å². The first kappa shape index (κ1) is 14.5. The maximum Gasteiger partial charge on any atom is 0.123 e. The molecule has 1 aliphatic rings. The SMILES string of the molecule is CCC1SCCSC1C(N)c1cc(F)ccc1Cl. The molecule has 1 heterocycles. The second-order valence-corrected chi connectivity index (χ2v) is 7.38. The number of rotatable bonds is 3. The average molecular weight is 306 g/mol. The van der Waals surface area contributed by atoms with Gasteiger partial charge in [-0.05, 0) is 30.2 Å². The average Bonchev–Trinajstić information content (AvgIpc) is 2.40. The molecule has 1 aromatic rings. The van der Waals surface area contributed by atoms with E-state index in [4.69, 9.17) is 17.3 Å². The van der Waals surface area contributed by atoms with E-state index in [-0.39, 0.29) is 11.9 Å². The Labute approximate surface area is 121 Å². The second-order valence-electron chi connectivity index (χ2n) is 4.34. The van der Waals surface area contributed by atoms with E-state index in [1.165, 1.54) is 17.9 Å². The molecule has 0 spiro atoms. The van der Waals surface area contributed by atoms with Crippen LogP contribution < -0.4 is 5.73 Å². The van der Waals surface area contributed by atoms with Gasteiger partial charge in [0.05, 0.1) is 0 Å². The standard InChI is InChI=1S/C13H17ClFNS2/c1-2-11-13(18-6-5-17-11)12(16)9-7-8(15)3-4-10(9)14/h3-4,7,11-13H,2,5-6,16H2,1H3. The van der Waals surface area contributed by atoms with Gasteiger partial charge in [0, 0.05) is 33.1 Å². The van der Waals surface area contributed by atoms with Gasteiger partial charge in [-0.2, -0.15) is 23.5 Å². The summed E-state index contributed by atoms with van der Waals surface area (Å²) in [7, 11) is 0. The molecule has 1 saturated heterocycles. The fraction of sp³-hybridized carbons (Fsp3) is 0.538. The van der Waals surface area contributed by atoms with Crippen molar-refractivity contribution in [1.29, 1.82) is 0 Å². The smallest absolute Gasteiger partial charge is 0.123 e. The summed E-state index contributed by atoms with van der Waals surface area (Å²) in [6.07, 6.45) is 1.09. The minimum Gasteiger partial charge on any atom is -0.323 e. The van der Waals surface area contributed by atoms with Crippen molar-refractivity contribution in [3.05, 3.63) is 34.6 Å². The van der Waals surface area contributed by atoms with Crippen molar-refractivity contribution in [3.63, 3.8) is 0 Å². The monoisotopic (exact) mass is 305 g/mol. The quantitative estimate of drug-likeness (QED) is 0.910. The highest BCUT2D eigenvalue weighted by Gasteiger charge is 2.31. The van der Waals surface area contributed by atoms with Crippen LogP contribution in [0.1, 0.15) is 24.9 Å². The van der Waals surface area contributed by atoms with Crippen LogP contribution in [0, 0.1) is 5.82 Å². The zero-order chi connectivity index (χ0) is 13.1. The summed E-state index contributed by atoms with van der Waals surface area (Å²) in [6.45, 7) is 2.18. The summed E-state index contributed by atoms with van der Waals surface area (Å²) >= 11 is 9.99. The van der Waals surface area contributed by atoms with Gasteiger partial charge >= 0.3 is 0 Å². The Hall–Kier alpha value is 0.1000. The molecule has 3 unspecified atom stereocenters. The Balaban J connectivity index is 2.23. The molecule has 0 radical (unpaired) electrons. The van der Waals surface area contributed by atoms with Crippen molar-refractivity contribution in [1.82, 2.24) is 0 Å². The molecule has 3 atom stereocenters. The molecule has 18 heavy (non-hydrogen) atoms. The third-order valence-corrected chi connectivity index (χ3v) is 6.88. The predicted molar refractivity (Wildman–Crippen MR) is 81.1 cm³/mol. The highest BCUT2D eigenvalue weighted by molar-refractivity contribution is 8.07. The molecule has 0 aromatic heterocycles. The van der Waals surface area contributed by atoms with Gasteiger partial charge in [-0.3, -0.25) is 0 Å². The van der Waals surface area contributed by atoms with E-state index < -0.39 is 0 Å². The summed E-state index contributed by atoms with van der Waals surface area (Å²) in [4.78, 5) is 0. The summed E-state index contributed by atoms with van der Waals surface area (Å²) < 4.78 is 13.3. The summed E-state index contributed by atoms with van der Waals surface area (Å²) in [5, 5.41) is 1.40. The van der Waals surface area contributed by atoms with Crippen LogP contribution in [0.4, 0.5) is 4.39 Å². The van der Waals surface area contributed by atoms with E-state index in [9.17, 15) is 4.39 Å². The third kappa shape index (κ3) is 3.16. The van der Waals surface area contributed by atoms with Crippen LogP contribution in [0.25, 0.3) is 0 Å². The van der Waals surface area contributed by atoms with E-state index >= 15 is 0 Å². The van der Waals surface area contributed by atoms with Crippen molar-refractivity contribution in [2.45, 2.75) is 29.9 Å². The maximum atomic E-state index is 13.3. The lowest BCUT2D eigenvalue weighted by atomic mass is 10.0. The molecule has 1 aliphatic heterocycles. The van der Waals surface area contributed by atoms with Gasteiger partial charge in [-0.25, -0.2) is 4.39 Å². The zero-order valence-electron chi connectivity index (χ0n) is 10.2. The number of benzene rings is 1. The first-order valence-corrected chi connectivity index (χ1v) is 8.54. The molecule has 1 aromatic carbocycles. The number of nitrogens with two attached hydrogens (primary N) is 1. The third-order valence-electron chi connectivity index (χ3n) is 3.17. The lowest BCUT2D eigenvalue weighted by Crippen LogP contribution is -2.35. The summed E-state index contributed by atoms with van der Waals surface area (Å²) in [6, 6.07) is 4.24. The molecule has 2 N–H and O–H groups in total. The largest absolute Gasteiger partial charge is 0.323 e. The Kier molecular flexibility index (Phi) is 5.24. The predicted octanol–water partition coefficient (Wildman–Crippen LogP) is 4.11. The van der Waals surface area contributed by atoms with Crippen LogP contribution in [0.2, 0.25) is 5.02 Å². The Morgan fingerprint density at radius 3 is 2.89 bits per heavy atom. The maximum absolute atomic E-state index is 13.3. The Bertz CT molecular complexity index is 416. The van der Waals surface area contributed by atoms with Gasteiger partial charge in [0.1, 0.15) is 5.82 Å². The first-order valence-electron chi connectivity index (χ1n) is 6.07. The fourth-order valence-electron chi connectivity index (χ4n) is 2.22. The highest BCUT2D eigenvalue weighted by Crippen LogP contribution is 2.40. The number of hydrogen-bond acceptors (Lipinski definition) is 3. The minimum absolute atomic E-state index is 0.198. The molecular weight excluding hydrogens is 289 g/mol. The fourth-order valence-corrected chi connectivity index (χ4v) is 5.63. The van der Waals surface area contributed by atoms with Crippen molar-refractivity contribution in [2.24, 2.45) is 5.73 Å². The number of hydrogen-bond donors (Lipinski definition) is 1. The van der Waals surface area contributed by atoms with Crippen LogP contribution in [0.15, 0.2) is 18.2 Å². The molecule has 1 nitrogen and oxygen atoms in total. The van der Waals surface area contributed by atoms with Crippen LogP contribution in [-0.4, -0.2) is 22.0 Å². The lowest BCUT2D eigenvalue weighted by Gasteiger charge is -2.34. The lowest BCUT2D eigenvalue weighted by molar-refractivity contribution is 0.604. The normalized spacial score (nSPS) is 26.0. The molecule has 100 valence electrons. The summed E-state index contributed by atoms with van der Waals surface area (Å²) in [5.41, 5.74) is 7.05. The van der Waals surface area contributed by atoms with Gasteiger partial charge in [0.25, 0.3) is 0 Å². The minimum atomic E-state index is -0.272. The van der Waals surface area contributed by atoms with Crippen LogP contribution in [-0.2, 0) is 0 Å². The number of halogens is 2. The van der Waals surface area contributed by atoms with Crippen molar-refractivity contribution in [3.8, 4) is 0 Å². The highest BCUT2D eigenvalue weighted by atomic mass is 35.5. The van der Waals surface area contributed by atoms with E-state index in [1.54, 1.807) is 6.07 Å². The zero-order valence-corrected chi connectivity index (χ0v) is 12.6. The molecule has 5 heteroatoms. The Morgan fingerprint density at radius 2 is 2.17 bits per heavy atom. The van der Waals surface area contributed by atoms with E-state index in [1.807, 2.05) is 23.5 Å². The van der Waals surface area contributed by atoms with Gasteiger partial charge in [0.2, 0.25) is 0 Å². The Morgan fingerprint density at radius 1 is 1.44 bits per heavy atom. The van der Waals surface area contributed by atoms with Crippen molar-refractivity contribution >= 4 is 35.1 Å². The molecule has 1 fully saturated rings. The van der Waals surface area contributed by atoms with E-state index in [0.29, 0.717) is 15.5 Å². The first-order chi connectivity index (χ1) is 8.63. The van der Waals surface area contributed by atoms with Crippen LogP contribution in [0.5, 0.6) is 0 Å². The van der Waals surface area contributed by atoms with Crippen LogP contribution >= 0.6 is 35.1 Å². The molecule has 0 bridgehead atoms. The molecule has 0 saturated carbocycles. The van der Waals surface area contributed by atoms with Gasteiger partial charge in [-0.15, -0.1) is 0 Å². The van der Waals surface area contributed by atoms with Crippen LogP contribution in [0.3, 0.4) is 0 Å². The summed E-state index contributed by atoms with van der Waals surface area (Å²) in [5.74, 6) is 2.00. The second kappa shape index (κ2) is 6.51. The molecule has 2 rings (SSSR count). The van der Waals surface area contributed by atoms with E-state index in [0.717, 1.165) is 17.7 Å². The molecular formula is C13H17ClFNS2. The van der Waals surface area contributed by atoms with Gasteiger partial charge < -0.3 is 5.73 Å². The van der Waals surface area contributed by atoms with Crippen molar-refractivity contribution in [2.75, 3.05) is 11.5 Å².